The second-order valence-electron chi connectivity index (χ2n) is 6.79. The molecule has 0 aliphatic carbocycles. The maximum atomic E-state index is 12.7. The summed E-state index contributed by atoms with van der Waals surface area (Å²) in [5.74, 6) is 0.833. The first kappa shape index (κ1) is 21.6. The Balaban J connectivity index is 2.01. The number of hydrogen-bond donors (Lipinski definition) is 1. The van der Waals surface area contributed by atoms with Crippen LogP contribution < -0.4 is 14.8 Å². The van der Waals surface area contributed by atoms with E-state index >= 15 is 0 Å². The number of carbonyl (C=O) groups is 2. The van der Waals surface area contributed by atoms with Gasteiger partial charge in [0, 0.05) is 23.3 Å². The Labute approximate surface area is 170 Å². The Kier molecular flexibility index (Phi) is 7.70. The van der Waals surface area contributed by atoms with Crippen LogP contribution in [-0.4, -0.2) is 44.0 Å². The molecule has 150 valence electrons. The third-order valence-electron chi connectivity index (χ3n) is 3.84. The van der Waals surface area contributed by atoms with E-state index in [4.69, 9.17) is 21.1 Å². The van der Waals surface area contributed by atoms with Gasteiger partial charge in [-0.15, -0.1) is 0 Å². The molecule has 2 aromatic rings. The monoisotopic (exact) mass is 404 g/mol. The minimum absolute atomic E-state index is 0.0879. The zero-order chi connectivity index (χ0) is 20.7. The molecule has 2 rings (SSSR count). The molecule has 0 heterocycles. The van der Waals surface area contributed by atoms with Crippen LogP contribution in [0.1, 0.15) is 24.2 Å². The smallest absolute Gasteiger partial charge is 0.254 e. The average molecular weight is 405 g/mol. The Hall–Kier alpha value is -2.73. The van der Waals surface area contributed by atoms with E-state index in [1.807, 2.05) is 0 Å². The van der Waals surface area contributed by atoms with Gasteiger partial charge in [-0.25, -0.2) is 0 Å². The number of likely N-dealkylation sites (N-methyl/N-ethyl adjacent to an activating group) is 1. The number of nitrogens with one attached hydrogen (secondary N) is 1. The summed E-state index contributed by atoms with van der Waals surface area (Å²) in [6.07, 6.45) is 0. The summed E-state index contributed by atoms with van der Waals surface area (Å²) in [6, 6.07) is 11.7. The molecule has 7 heteroatoms. The quantitative estimate of drug-likeness (QED) is 0.719. The van der Waals surface area contributed by atoms with Gasteiger partial charge in [-0.05, 0) is 48.4 Å². The molecule has 0 aliphatic rings. The first-order valence-corrected chi connectivity index (χ1v) is 9.29. The van der Waals surface area contributed by atoms with Crippen molar-refractivity contribution < 1.29 is 19.1 Å². The van der Waals surface area contributed by atoms with Gasteiger partial charge in [0.1, 0.15) is 0 Å². The van der Waals surface area contributed by atoms with Gasteiger partial charge in [-0.1, -0.05) is 25.4 Å². The predicted molar refractivity (Wildman–Crippen MR) is 110 cm³/mol. The van der Waals surface area contributed by atoms with Gasteiger partial charge in [0.25, 0.3) is 5.91 Å². The van der Waals surface area contributed by atoms with Gasteiger partial charge in [-0.2, -0.15) is 0 Å². The summed E-state index contributed by atoms with van der Waals surface area (Å²) >= 11 is 5.83. The van der Waals surface area contributed by atoms with Crippen LogP contribution in [0.4, 0.5) is 5.69 Å². The van der Waals surface area contributed by atoms with Crippen molar-refractivity contribution in [1.82, 2.24) is 4.90 Å². The fraction of sp³-hybridized carbons (Fsp3) is 0.333. The molecule has 0 aromatic heterocycles. The molecule has 2 aromatic carbocycles. The second kappa shape index (κ2) is 9.99. The van der Waals surface area contributed by atoms with Crippen LogP contribution in [0, 0.1) is 5.92 Å². The largest absolute Gasteiger partial charge is 0.493 e. The van der Waals surface area contributed by atoms with Crippen molar-refractivity contribution in [2.75, 3.05) is 32.6 Å². The summed E-state index contributed by atoms with van der Waals surface area (Å²) in [4.78, 5) is 26.2. The summed E-state index contributed by atoms with van der Waals surface area (Å²) in [5.41, 5.74) is 1.03. The van der Waals surface area contributed by atoms with E-state index in [1.165, 1.54) is 12.0 Å². The van der Waals surface area contributed by atoms with Crippen LogP contribution in [0.3, 0.4) is 0 Å². The van der Waals surface area contributed by atoms with Crippen molar-refractivity contribution >= 4 is 29.1 Å². The number of anilines is 1. The van der Waals surface area contributed by atoms with Crippen LogP contribution in [-0.2, 0) is 4.79 Å². The van der Waals surface area contributed by atoms with Crippen LogP contribution in [0.25, 0.3) is 0 Å². The van der Waals surface area contributed by atoms with E-state index in [-0.39, 0.29) is 18.4 Å². The highest BCUT2D eigenvalue weighted by molar-refractivity contribution is 6.30. The lowest BCUT2D eigenvalue weighted by Crippen LogP contribution is -2.34. The summed E-state index contributed by atoms with van der Waals surface area (Å²) < 4.78 is 11.0. The number of amides is 2. The molecule has 0 aliphatic heterocycles. The highest BCUT2D eigenvalue weighted by Crippen LogP contribution is 2.29. The molecule has 0 saturated heterocycles. The van der Waals surface area contributed by atoms with E-state index in [0.29, 0.717) is 40.3 Å². The van der Waals surface area contributed by atoms with E-state index in [9.17, 15) is 9.59 Å². The molecule has 0 spiro atoms. The van der Waals surface area contributed by atoms with E-state index in [1.54, 1.807) is 49.5 Å². The van der Waals surface area contributed by atoms with Gasteiger partial charge in [0.2, 0.25) is 5.91 Å². The number of methoxy groups -OCH3 is 1. The standard InChI is InChI=1S/C21H25ClN2O4/c1-14(2)13-28-18-10-5-15(11-19(18)27-4)21(26)24(3)12-20(25)23-17-8-6-16(22)7-9-17/h5-11,14H,12-13H2,1-4H3,(H,23,25). The number of hydrogen-bond acceptors (Lipinski definition) is 4. The summed E-state index contributed by atoms with van der Waals surface area (Å²) in [6.45, 7) is 4.56. The molecular formula is C21H25ClN2O4. The number of nitrogens with zero attached hydrogens (tertiary/aromatic N) is 1. The third-order valence-corrected chi connectivity index (χ3v) is 4.09. The van der Waals surface area contributed by atoms with Crippen molar-refractivity contribution in [1.29, 1.82) is 0 Å². The maximum Gasteiger partial charge on any atom is 0.254 e. The van der Waals surface area contributed by atoms with Crippen LogP contribution in [0.5, 0.6) is 11.5 Å². The molecule has 6 nitrogen and oxygen atoms in total. The molecule has 0 saturated carbocycles. The molecule has 0 radical (unpaired) electrons. The van der Waals surface area contributed by atoms with Crippen molar-refractivity contribution in [2.24, 2.45) is 5.92 Å². The van der Waals surface area contributed by atoms with Crippen molar-refractivity contribution in [2.45, 2.75) is 13.8 Å². The Bertz CT molecular complexity index is 822. The summed E-state index contributed by atoms with van der Waals surface area (Å²) in [5, 5.41) is 3.31. The van der Waals surface area contributed by atoms with E-state index in [2.05, 4.69) is 19.2 Å². The predicted octanol–water partition coefficient (Wildman–Crippen LogP) is 4.09. The van der Waals surface area contributed by atoms with Gasteiger partial charge in [0.15, 0.2) is 11.5 Å². The molecular weight excluding hydrogens is 380 g/mol. The fourth-order valence-electron chi connectivity index (χ4n) is 2.42. The van der Waals surface area contributed by atoms with Gasteiger partial charge >= 0.3 is 0 Å². The van der Waals surface area contributed by atoms with Crippen molar-refractivity contribution in [3.05, 3.63) is 53.1 Å². The number of halogens is 1. The van der Waals surface area contributed by atoms with Gasteiger partial charge < -0.3 is 19.7 Å². The van der Waals surface area contributed by atoms with Crippen molar-refractivity contribution in [3.63, 3.8) is 0 Å². The number of benzene rings is 2. The zero-order valence-electron chi connectivity index (χ0n) is 16.5. The molecule has 0 bridgehead atoms. The zero-order valence-corrected chi connectivity index (χ0v) is 17.2. The lowest BCUT2D eigenvalue weighted by atomic mass is 10.1. The maximum absolute atomic E-state index is 12.7. The molecule has 0 unspecified atom stereocenters. The normalized spacial score (nSPS) is 10.5. The Morgan fingerprint density at radius 1 is 1.11 bits per heavy atom. The highest BCUT2D eigenvalue weighted by Gasteiger charge is 2.17. The lowest BCUT2D eigenvalue weighted by Gasteiger charge is -2.18. The highest BCUT2D eigenvalue weighted by atomic mass is 35.5. The molecule has 2 amide bonds. The van der Waals surface area contributed by atoms with Crippen LogP contribution in [0.15, 0.2) is 42.5 Å². The minimum Gasteiger partial charge on any atom is -0.493 e. The van der Waals surface area contributed by atoms with Crippen LogP contribution in [0.2, 0.25) is 5.02 Å². The third kappa shape index (κ3) is 6.16. The van der Waals surface area contributed by atoms with Crippen molar-refractivity contribution in [3.8, 4) is 11.5 Å². The fourth-order valence-corrected chi connectivity index (χ4v) is 2.54. The Morgan fingerprint density at radius 3 is 2.39 bits per heavy atom. The summed E-state index contributed by atoms with van der Waals surface area (Å²) in [7, 11) is 3.09. The first-order valence-electron chi connectivity index (χ1n) is 8.92. The molecule has 1 N–H and O–H groups in total. The lowest BCUT2D eigenvalue weighted by molar-refractivity contribution is -0.116. The SMILES string of the molecule is COc1cc(C(=O)N(C)CC(=O)Nc2ccc(Cl)cc2)ccc1OCC(C)C. The van der Waals surface area contributed by atoms with E-state index in [0.717, 1.165) is 0 Å². The topological polar surface area (TPSA) is 67.9 Å². The first-order chi connectivity index (χ1) is 13.3. The number of ether oxygens (including phenoxy) is 2. The number of rotatable bonds is 8. The second-order valence-corrected chi connectivity index (χ2v) is 7.22. The average Bonchev–Trinajstić information content (AvgIpc) is 2.67. The van der Waals surface area contributed by atoms with Crippen LogP contribution >= 0.6 is 11.6 Å². The minimum atomic E-state index is -0.304. The van der Waals surface area contributed by atoms with Gasteiger partial charge in [0.05, 0.1) is 20.3 Å². The van der Waals surface area contributed by atoms with E-state index < -0.39 is 0 Å². The molecule has 28 heavy (non-hydrogen) atoms. The molecule has 0 fully saturated rings. The van der Waals surface area contributed by atoms with Gasteiger partial charge in [-0.3, -0.25) is 9.59 Å². The number of carbonyl (C=O) groups excluding carboxylic acids is 2. The molecule has 0 atom stereocenters. The Morgan fingerprint density at radius 2 is 1.79 bits per heavy atom.